The van der Waals surface area contributed by atoms with Gasteiger partial charge in [-0.1, -0.05) is 48.5 Å². The zero-order valence-electron chi connectivity index (χ0n) is 14.2. The fourth-order valence-corrected chi connectivity index (χ4v) is 3.04. The maximum absolute atomic E-state index is 9.60. The third kappa shape index (κ3) is 3.87. The van der Waals surface area contributed by atoms with Crippen LogP contribution in [-0.2, 0) is 16.1 Å². The number of rotatable bonds is 6. The van der Waals surface area contributed by atoms with Crippen LogP contribution in [0, 0.1) is 0 Å². The Morgan fingerprint density at radius 1 is 0.769 bits per heavy atom. The van der Waals surface area contributed by atoms with Crippen molar-refractivity contribution in [2.45, 2.75) is 18.8 Å². The van der Waals surface area contributed by atoms with E-state index in [2.05, 4.69) is 24.3 Å². The normalized spacial score (nSPS) is 16.0. The molecule has 4 rings (SSSR count). The molecule has 1 unspecified atom stereocenters. The van der Waals surface area contributed by atoms with Gasteiger partial charge in [0.25, 0.3) is 0 Å². The van der Waals surface area contributed by atoms with E-state index in [0.717, 1.165) is 22.3 Å². The molecule has 0 spiro atoms. The summed E-state index contributed by atoms with van der Waals surface area (Å²) in [6.07, 6.45) is -0.0450. The number of ether oxygens (including phenoxy) is 2. The second-order valence-corrected chi connectivity index (χ2v) is 6.43. The van der Waals surface area contributed by atoms with Gasteiger partial charge < -0.3 is 19.7 Å². The van der Waals surface area contributed by atoms with E-state index in [4.69, 9.17) is 9.47 Å². The molecular formula is C22H20O4. The number of phenolic OH excluding ortho intramolecular Hbond substituents is 2. The van der Waals surface area contributed by atoms with E-state index in [-0.39, 0.29) is 23.7 Å². The Hall–Kier alpha value is -2.82. The second-order valence-electron chi connectivity index (χ2n) is 6.43. The molecule has 0 amide bonds. The van der Waals surface area contributed by atoms with Gasteiger partial charge in [0.2, 0.25) is 0 Å². The summed E-state index contributed by atoms with van der Waals surface area (Å²) >= 11 is 0. The van der Waals surface area contributed by atoms with Crippen molar-refractivity contribution < 1.29 is 19.7 Å². The van der Waals surface area contributed by atoms with E-state index in [9.17, 15) is 10.2 Å². The number of aromatic hydroxyl groups is 2. The van der Waals surface area contributed by atoms with Crippen molar-refractivity contribution in [2.75, 3.05) is 6.61 Å². The van der Waals surface area contributed by atoms with Crippen LogP contribution in [0.1, 0.15) is 28.2 Å². The largest absolute Gasteiger partial charge is 0.508 e. The van der Waals surface area contributed by atoms with Gasteiger partial charge in [-0.05, 0) is 46.5 Å². The Bertz CT molecular complexity index is 805. The molecule has 0 saturated carbocycles. The zero-order valence-corrected chi connectivity index (χ0v) is 14.2. The fourth-order valence-electron chi connectivity index (χ4n) is 3.04. The first-order chi connectivity index (χ1) is 12.7. The number of hydrogen-bond acceptors (Lipinski definition) is 4. The van der Waals surface area contributed by atoms with Gasteiger partial charge in [-0.25, -0.2) is 0 Å². The summed E-state index contributed by atoms with van der Waals surface area (Å²) in [5.41, 5.74) is 4.37. The Labute approximate surface area is 152 Å². The van der Waals surface area contributed by atoms with Gasteiger partial charge >= 0.3 is 0 Å². The van der Waals surface area contributed by atoms with Crippen molar-refractivity contribution >= 4 is 0 Å². The van der Waals surface area contributed by atoms with Crippen LogP contribution in [0.3, 0.4) is 0 Å². The van der Waals surface area contributed by atoms with Crippen molar-refractivity contribution in [3.05, 3.63) is 95.1 Å². The summed E-state index contributed by atoms with van der Waals surface area (Å²) in [7, 11) is 0. The topological polar surface area (TPSA) is 62.2 Å². The summed E-state index contributed by atoms with van der Waals surface area (Å²) in [4.78, 5) is 0. The van der Waals surface area contributed by atoms with E-state index in [0.29, 0.717) is 13.2 Å². The lowest BCUT2D eigenvalue weighted by molar-refractivity contribution is 0.0386. The van der Waals surface area contributed by atoms with Crippen molar-refractivity contribution in [2.24, 2.45) is 0 Å². The summed E-state index contributed by atoms with van der Waals surface area (Å²) in [6, 6.07) is 22.8. The molecular weight excluding hydrogens is 328 g/mol. The van der Waals surface area contributed by atoms with Crippen LogP contribution in [0.15, 0.2) is 72.8 Å². The van der Waals surface area contributed by atoms with Crippen molar-refractivity contribution in [1.82, 2.24) is 0 Å². The maximum atomic E-state index is 9.60. The minimum atomic E-state index is -0.0450. The van der Waals surface area contributed by atoms with E-state index >= 15 is 0 Å². The molecule has 1 aliphatic rings. The second kappa shape index (κ2) is 7.20. The first-order valence-electron chi connectivity index (χ1n) is 8.59. The standard InChI is InChI=1S/C22H20O4/c23-19-9-5-17(6-10-19)22(18-7-11-20(24)12-8-18)16-3-1-15(2-4-16)13-25-21-14-26-21/h1-12,21-24H,13-14H2. The monoisotopic (exact) mass is 348 g/mol. The lowest BCUT2D eigenvalue weighted by atomic mass is 9.85. The minimum Gasteiger partial charge on any atom is -0.508 e. The molecule has 4 nitrogen and oxygen atoms in total. The SMILES string of the molecule is Oc1ccc(C(c2ccc(O)cc2)c2ccc(COC3CO3)cc2)cc1. The lowest BCUT2D eigenvalue weighted by Crippen LogP contribution is -2.04. The highest BCUT2D eigenvalue weighted by Crippen LogP contribution is 2.33. The van der Waals surface area contributed by atoms with Gasteiger partial charge in [-0.3, -0.25) is 0 Å². The van der Waals surface area contributed by atoms with Crippen LogP contribution in [0.4, 0.5) is 0 Å². The molecule has 0 bridgehead atoms. The summed E-state index contributed by atoms with van der Waals surface area (Å²) < 4.78 is 10.6. The Morgan fingerprint density at radius 2 is 1.19 bits per heavy atom. The molecule has 3 aromatic carbocycles. The smallest absolute Gasteiger partial charge is 0.181 e. The van der Waals surface area contributed by atoms with Crippen LogP contribution in [0.25, 0.3) is 0 Å². The minimum absolute atomic E-state index is 0.0120. The summed E-state index contributed by atoms with van der Waals surface area (Å²) in [6.45, 7) is 1.22. The predicted molar refractivity (Wildman–Crippen MR) is 98.1 cm³/mol. The molecule has 0 aliphatic carbocycles. The van der Waals surface area contributed by atoms with E-state index in [1.807, 2.05) is 24.3 Å². The Kier molecular flexibility index (Phi) is 4.61. The molecule has 3 aromatic rings. The molecule has 0 radical (unpaired) electrons. The van der Waals surface area contributed by atoms with Crippen LogP contribution in [-0.4, -0.2) is 23.1 Å². The van der Waals surface area contributed by atoms with Gasteiger partial charge in [0.05, 0.1) is 6.61 Å². The van der Waals surface area contributed by atoms with Gasteiger partial charge in [-0.15, -0.1) is 0 Å². The van der Waals surface area contributed by atoms with E-state index in [1.54, 1.807) is 24.3 Å². The molecule has 132 valence electrons. The molecule has 2 N–H and O–H groups in total. The molecule has 4 heteroatoms. The molecule has 1 fully saturated rings. The van der Waals surface area contributed by atoms with E-state index in [1.165, 1.54) is 0 Å². The molecule has 1 heterocycles. The Morgan fingerprint density at radius 3 is 1.62 bits per heavy atom. The van der Waals surface area contributed by atoms with Gasteiger partial charge in [0.15, 0.2) is 6.29 Å². The molecule has 0 aromatic heterocycles. The molecule has 1 atom stereocenters. The summed E-state index contributed by atoms with van der Waals surface area (Å²) in [5.74, 6) is 0.499. The van der Waals surface area contributed by atoms with Gasteiger partial charge in [0.1, 0.15) is 18.1 Å². The molecule has 1 saturated heterocycles. The van der Waals surface area contributed by atoms with Crippen LogP contribution < -0.4 is 0 Å². The quantitative estimate of drug-likeness (QED) is 0.519. The number of benzene rings is 3. The van der Waals surface area contributed by atoms with Crippen molar-refractivity contribution in [1.29, 1.82) is 0 Å². The Balaban J connectivity index is 1.65. The third-order valence-corrected chi connectivity index (χ3v) is 4.50. The highest BCUT2D eigenvalue weighted by molar-refractivity contribution is 5.45. The number of phenols is 2. The average Bonchev–Trinajstić information content (AvgIpc) is 3.49. The maximum Gasteiger partial charge on any atom is 0.181 e. The molecule has 26 heavy (non-hydrogen) atoms. The first kappa shape index (κ1) is 16.6. The number of hydrogen-bond donors (Lipinski definition) is 2. The highest BCUT2D eigenvalue weighted by atomic mass is 16.8. The van der Waals surface area contributed by atoms with Crippen LogP contribution in [0.5, 0.6) is 11.5 Å². The van der Waals surface area contributed by atoms with Crippen molar-refractivity contribution in [3.63, 3.8) is 0 Å². The summed E-state index contributed by atoms with van der Waals surface area (Å²) in [5, 5.41) is 19.2. The van der Waals surface area contributed by atoms with Crippen molar-refractivity contribution in [3.8, 4) is 11.5 Å². The van der Waals surface area contributed by atoms with Gasteiger partial charge in [0, 0.05) is 5.92 Å². The average molecular weight is 348 g/mol. The number of epoxide rings is 1. The first-order valence-corrected chi connectivity index (χ1v) is 8.59. The zero-order chi connectivity index (χ0) is 17.9. The highest BCUT2D eigenvalue weighted by Gasteiger charge is 2.23. The van der Waals surface area contributed by atoms with Gasteiger partial charge in [-0.2, -0.15) is 0 Å². The molecule has 1 aliphatic heterocycles. The fraction of sp³-hybridized carbons (Fsp3) is 0.182. The third-order valence-electron chi connectivity index (χ3n) is 4.50. The predicted octanol–water partition coefficient (Wildman–Crippen LogP) is 4.15. The van der Waals surface area contributed by atoms with Crippen LogP contribution >= 0.6 is 0 Å². The van der Waals surface area contributed by atoms with Crippen LogP contribution in [0.2, 0.25) is 0 Å². The lowest BCUT2D eigenvalue weighted by Gasteiger charge is -2.19. The van der Waals surface area contributed by atoms with E-state index < -0.39 is 0 Å².